The van der Waals surface area contributed by atoms with Gasteiger partial charge in [-0.05, 0) is 49.9 Å². The highest BCUT2D eigenvalue weighted by Gasteiger charge is 2.05. The fraction of sp³-hybridized carbons (Fsp3) is 0.733. The van der Waals surface area contributed by atoms with Gasteiger partial charge in [0.15, 0.2) is 0 Å². The Kier molecular flexibility index (Phi) is 10.8. The van der Waals surface area contributed by atoms with Gasteiger partial charge in [0.05, 0.1) is 6.10 Å². The first-order valence-corrected chi connectivity index (χ1v) is 7.79. The van der Waals surface area contributed by atoms with Crippen LogP contribution in [0.1, 0.15) is 46.5 Å². The molecule has 1 nitrogen and oxygen atoms in total. The Morgan fingerprint density at radius 3 is 2.53 bits per heavy atom. The van der Waals surface area contributed by atoms with Gasteiger partial charge in [-0.3, -0.25) is 0 Å². The van der Waals surface area contributed by atoms with Crippen LogP contribution in [-0.4, -0.2) is 22.7 Å². The summed E-state index contributed by atoms with van der Waals surface area (Å²) in [5.74, 6) is 2.87. The fourth-order valence-electron chi connectivity index (χ4n) is 1.54. The molecular weight excluding hydrogens is 228 g/mol. The van der Waals surface area contributed by atoms with Gasteiger partial charge in [0.2, 0.25) is 0 Å². The van der Waals surface area contributed by atoms with Gasteiger partial charge >= 0.3 is 0 Å². The maximum absolute atomic E-state index is 9.76. The van der Waals surface area contributed by atoms with E-state index in [1.54, 1.807) is 0 Å². The second-order valence-electron chi connectivity index (χ2n) is 4.89. The van der Waals surface area contributed by atoms with Crippen LogP contribution in [-0.2, 0) is 0 Å². The maximum atomic E-state index is 9.76. The molecule has 0 amide bonds. The van der Waals surface area contributed by atoms with Crippen LogP contribution >= 0.6 is 11.8 Å². The van der Waals surface area contributed by atoms with Gasteiger partial charge in [-0.2, -0.15) is 11.8 Å². The summed E-state index contributed by atoms with van der Waals surface area (Å²) in [6.07, 6.45) is 8.07. The van der Waals surface area contributed by atoms with Crippen LogP contribution in [0.3, 0.4) is 0 Å². The van der Waals surface area contributed by atoms with Crippen molar-refractivity contribution in [2.75, 3.05) is 11.5 Å². The zero-order valence-corrected chi connectivity index (χ0v) is 12.4. The van der Waals surface area contributed by atoms with Gasteiger partial charge in [-0.25, -0.2) is 0 Å². The van der Waals surface area contributed by atoms with Gasteiger partial charge in [-0.15, -0.1) is 0 Å². The van der Waals surface area contributed by atoms with Gasteiger partial charge in [-0.1, -0.05) is 32.6 Å². The average molecular weight is 256 g/mol. The quantitative estimate of drug-likeness (QED) is 0.461. The van der Waals surface area contributed by atoms with E-state index in [1.807, 2.05) is 24.8 Å². The highest BCUT2D eigenvalue weighted by Crippen LogP contribution is 2.14. The van der Waals surface area contributed by atoms with E-state index in [0.29, 0.717) is 5.92 Å². The molecule has 0 aliphatic rings. The Labute approximate surface area is 111 Å². The summed E-state index contributed by atoms with van der Waals surface area (Å²) in [6, 6.07) is 0. The summed E-state index contributed by atoms with van der Waals surface area (Å²) < 4.78 is 0. The van der Waals surface area contributed by atoms with E-state index in [2.05, 4.69) is 26.5 Å². The lowest BCUT2D eigenvalue weighted by molar-refractivity contribution is 0.146. The lowest BCUT2D eigenvalue weighted by atomic mass is 10.0. The topological polar surface area (TPSA) is 20.2 Å². The Balaban J connectivity index is 3.41. The molecule has 1 atom stereocenters. The second-order valence-corrected chi connectivity index (χ2v) is 5.99. The molecule has 0 fully saturated rings. The van der Waals surface area contributed by atoms with Gasteiger partial charge in [0.25, 0.3) is 0 Å². The molecule has 0 rings (SSSR count). The van der Waals surface area contributed by atoms with E-state index in [9.17, 15) is 5.11 Å². The molecule has 100 valence electrons. The van der Waals surface area contributed by atoms with Gasteiger partial charge in [0.1, 0.15) is 0 Å². The van der Waals surface area contributed by atoms with Crippen molar-refractivity contribution in [3.63, 3.8) is 0 Å². The standard InChI is InChI=1S/C15H28OS/c1-5-14(6-2)12-17-11-7-8-15(16)10-9-13(3)4/h5-6,13,15-16H,1,7-12H2,2-4H3/b14-6+. The highest BCUT2D eigenvalue weighted by molar-refractivity contribution is 7.99. The number of aliphatic hydroxyl groups excluding tert-OH is 1. The summed E-state index contributed by atoms with van der Waals surface area (Å²) >= 11 is 1.93. The summed E-state index contributed by atoms with van der Waals surface area (Å²) in [7, 11) is 0. The molecule has 0 saturated carbocycles. The zero-order valence-electron chi connectivity index (χ0n) is 11.6. The molecule has 0 spiro atoms. The van der Waals surface area contributed by atoms with Crippen LogP contribution in [0.5, 0.6) is 0 Å². The molecule has 0 aliphatic heterocycles. The predicted octanol–water partition coefficient (Wildman–Crippen LogP) is 4.43. The first-order valence-electron chi connectivity index (χ1n) is 6.63. The lowest BCUT2D eigenvalue weighted by Crippen LogP contribution is -2.08. The van der Waals surface area contributed by atoms with Crippen molar-refractivity contribution in [1.29, 1.82) is 0 Å². The number of thioether (sulfide) groups is 1. The summed E-state index contributed by atoms with van der Waals surface area (Å²) in [4.78, 5) is 0. The number of allylic oxidation sites excluding steroid dienone is 2. The molecule has 0 aliphatic carbocycles. The Bertz CT molecular complexity index is 221. The summed E-state index contributed by atoms with van der Waals surface area (Å²) in [5.41, 5.74) is 1.30. The average Bonchev–Trinajstić information content (AvgIpc) is 2.31. The van der Waals surface area contributed by atoms with E-state index in [0.717, 1.165) is 37.2 Å². The summed E-state index contributed by atoms with van der Waals surface area (Å²) in [5, 5.41) is 9.76. The number of rotatable bonds is 10. The Hall–Kier alpha value is -0.210. The van der Waals surface area contributed by atoms with E-state index in [-0.39, 0.29) is 6.10 Å². The van der Waals surface area contributed by atoms with Crippen molar-refractivity contribution >= 4 is 11.8 Å². The molecule has 0 bridgehead atoms. The second kappa shape index (κ2) is 10.9. The monoisotopic (exact) mass is 256 g/mol. The molecule has 1 unspecified atom stereocenters. The third-order valence-corrected chi connectivity index (χ3v) is 3.92. The molecule has 2 heteroatoms. The minimum absolute atomic E-state index is 0.0985. The van der Waals surface area contributed by atoms with Crippen molar-refractivity contribution in [2.45, 2.75) is 52.6 Å². The van der Waals surface area contributed by atoms with Crippen molar-refractivity contribution < 1.29 is 5.11 Å². The highest BCUT2D eigenvalue weighted by atomic mass is 32.2. The van der Waals surface area contributed by atoms with E-state index in [1.165, 1.54) is 5.57 Å². The molecule has 0 aromatic heterocycles. The fourth-order valence-corrected chi connectivity index (χ4v) is 2.58. The van der Waals surface area contributed by atoms with E-state index in [4.69, 9.17) is 0 Å². The van der Waals surface area contributed by atoms with Crippen LogP contribution < -0.4 is 0 Å². The van der Waals surface area contributed by atoms with Crippen LogP contribution in [0.4, 0.5) is 0 Å². The first kappa shape index (κ1) is 16.8. The third-order valence-electron chi connectivity index (χ3n) is 2.80. The summed E-state index contributed by atoms with van der Waals surface area (Å²) in [6.45, 7) is 10.2. The van der Waals surface area contributed by atoms with Crippen molar-refractivity contribution in [2.24, 2.45) is 5.92 Å². The molecular formula is C15H28OS. The molecule has 17 heavy (non-hydrogen) atoms. The van der Waals surface area contributed by atoms with Crippen LogP contribution in [0.25, 0.3) is 0 Å². The Morgan fingerprint density at radius 2 is 2.00 bits per heavy atom. The van der Waals surface area contributed by atoms with Crippen molar-refractivity contribution in [1.82, 2.24) is 0 Å². The smallest absolute Gasteiger partial charge is 0.0540 e. The van der Waals surface area contributed by atoms with Crippen molar-refractivity contribution in [3.8, 4) is 0 Å². The van der Waals surface area contributed by atoms with Crippen LogP contribution in [0.15, 0.2) is 24.3 Å². The van der Waals surface area contributed by atoms with Crippen molar-refractivity contribution in [3.05, 3.63) is 24.3 Å². The minimum Gasteiger partial charge on any atom is -0.393 e. The number of hydrogen-bond acceptors (Lipinski definition) is 2. The normalized spacial score (nSPS) is 14.1. The van der Waals surface area contributed by atoms with Gasteiger partial charge in [0, 0.05) is 5.75 Å². The number of aliphatic hydroxyl groups is 1. The minimum atomic E-state index is -0.0985. The predicted molar refractivity (Wildman–Crippen MR) is 80.6 cm³/mol. The Morgan fingerprint density at radius 1 is 1.29 bits per heavy atom. The maximum Gasteiger partial charge on any atom is 0.0540 e. The molecule has 0 heterocycles. The molecule has 1 N–H and O–H groups in total. The van der Waals surface area contributed by atoms with E-state index < -0.39 is 0 Å². The lowest BCUT2D eigenvalue weighted by Gasteiger charge is -2.11. The molecule has 0 saturated heterocycles. The zero-order chi connectivity index (χ0) is 13.1. The van der Waals surface area contributed by atoms with Gasteiger partial charge < -0.3 is 5.11 Å². The largest absolute Gasteiger partial charge is 0.393 e. The third kappa shape index (κ3) is 10.7. The van der Waals surface area contributed by atoms with Crippen LogP contribution in [0.2, 0.25) is 0 Å². The first-order chi connectivity index (χ1) is 8.10. The molecule has 0 radical (unpaired) electrons. The SMILES string of the molecule is C=C/C(=C\C)CSCCCC(O)CCC(C)C. The van der Waals surface area contributed by atoms with Crippen LogP contribution in [0, 0.1) is 5.92 Å². The molecule has 0 aromatic rings. The molecule has 0 aromatic carbocycles. The number of hydrogen-bond donors (Lipinski definition) is 1. The van der Waals surface area contributed by atoms with E-state index >= 15 is 0 Å².